The fourth-order valence-corrected chi connectivity index (χ4v) is 3.11. The van der Waals surface area contributed by atoms with Crippen LogP contribution in [0, 0.1) is 5.82 Å². The molecule has 0 bridgehead atoms. The Kier molecular flexibility index (Phi) is 3.72. The van der Waals surface area contributed by atoms with E-state index in [2.05, 4.69) is 20.2 Å². The molecule has 0 radical (unpaired) electrons. The van der Waals surface area contributed by atoms with Gasteiger partial charge in [0.1, 0.15) is 5.82 Å². The summed E-state index contributed by atoms with van der Waals surface area (Å²) in [6.45, 7) is 1.56. The van der Waals surface area contributed by atoms with Crippen molar-refractivity contribution >= 4 is 11.6 Å². The smallest absolute Gasteiger partial charge is 0.255 e. The lowest BCUT2D eigenvalue weighted by Crippen LogP contribution is -2.34. The molecular formula is C16H17FN6O. The Morgan fingerprint density at radius 2 is 2.04 bits per heavy atom. The average molecular weight is 328 g/mol. The lowest BCUT2D eigenvalue weighted by Gasteiger charge is -2.31. The molecule has 0 amide bonds. The molecule has 0 saturated carbocycles. The van der Waals surface area contributed by atoms with Crippen LogP contribution in [0.2, 0.25) is 0 Å². The van der Waals surface area contributed by atoms with Crippen LogP contribution in [-0.4, -0.2) is 44.8 Å². The second-order valence-electron chi connectivity index (χ2n) is 5.78. The Hall–Kier alpha value is -2.77. The maximum Gasteiger partial charge on any atom is 0.255 e. The number of rotatable bonds is 3. The van der Waals surface area contributed by atoms with Gasteiger partial charge in [-0.25, -0.2) is 4.98 Å². The normalized spacial score (nSPS) is 15.8. The van der Waals surface area contributed by atoms with E-state index in [0.717, 1.165) is 43.6 Å². The predicted molar refractivity (Wildman–Crippen MR) is 85.7 cm³/mol. The van der Waals surface area contributed by atoms with Crippen molar-refractivity contribution in [1.82, 2.24) is 24.6 Å². The maximum absolute atomic E-state index is 13.4. The van der Waals surface area contributed by atoms with E-state index < -0.39 is 5.82 Å². The van der Waals surface area contributed by atoms with Gasteiger partial charge in [0.05, 0.1) is 13.3 Å². The average Bonchev–Trinajstić information content (AvgIpc) is 3.06. The lowest BCUT2D eigenvalue weighted by atomic mass is 9.96. The molecule has 24 heavy (non-hydrogen) atoms. The highest BCUT2D eigenvalue weighted by atomic mass is 19.1. The third kappa shape index (κ3) is 2.53. The van der Waals surface area contributed by atoms with Crippen LogP contribution in [-0.2, 0) is 0 Å². The summed E-state index contributed by atoms with van der Waals surface area (Å²) < 4.78 is 20.4. The van der Waals surface area contributed by atoms with Crippen LogP contribution in [0.3, 0.4) is 0 Å². The molecule has 1 fully saturated rings. The summed E-state index contributed by atoms with van der Waals surface area (Å²) in [7, 11) is 1.40. The number of fused-ring (bicyclic) bond motifs is 1. The van der Waals surface area contributed by atoms with Crippen molar-refractivity contribution in [3.63, 3.8) is 0 Å². The second kappa shape index (κ2) is 6.03. The fraction of sp³-hybridized carbons (Fsp3) is 0.375. The zero-order valence-electron chi connectivity index (χ0n) is 13.3. The number of ether oxygens (including phenoxy) is 1. The predicted octanol–water partition coefficient (Wildman–Crippen LogP) is 2.05. The van der Waals surface area contributed by atoms with Crippen molar-refractivity contribution in [2.75, 3.05) is 25.1 Å². The van der Waals surface area contributed by atoms with Crippen molar-refractivity contribution < 1.29 is 9.13 Å². The van der Waals surface area contributed by atoms with E-state index in [1.807, 2.05) is 33.7 Å². The molecule has 1 aliphatic heterocycles. The minimum absolute atomic E-state index is 0.0226. The number of hydrogen-bond donors (Lipinski definition) is 0. The monoisotopic (exact) mass is 328 g/mol. The molecular weight excluding hydrogens is 311 g/mol. The summed E-state index contributed by atoms with van der Waals surface area (Å²) in [4.78, 5) is 10.3. The molecule has 0 atom stereocenters. The first-order valence-electron chi connectivity index (χ1n) is 7.87. The van der Waals surface area contributed by atoms with Crippen molar-refractivity contribution in [1.29, 1.82) is 0 Å². The minimum Gasteiger partial charge on any atom is -0.479 e. The van der Waals surface area contributed by atoms with Crippen LogP contribution in [0.1, 0.15) is 24.6 Å². The van der Waals surface area contributed by atoms with Gasteiger partial charge in [-0.15, -0.1) is 10.2 Å². The van der Waals surface area contributed by atoms with Crippen molar-refractivity contribution in [2.45, 2.75) is 18.8 Å². The fourth-order valence-electron chi connectivity index (χ4n) is 3.11. The second-order valence-corrected chi connectivity index (χ2v) is 5.78. The molecule has 0 spiro atoms. The number of anilines is 1. The van der Waals surface area contributed by atoms with Crippen LogP contribution in [0.4, 0.5) is 10.3 Å². The third-order valence-electron chi connectivity index (χ3n) is 4.38. The molecule has 0 aliphatic carbocycles. The summed E-state index contributed by atoms with van der Waals surface area (Å²) in [6, 6.07) is 5.88. The topological polar surface area (TPSA) is 68.4 Å². The van der Waals surface area contributed by atoms with Gasteiger partial charge in [-0.3, -0.25) is 4.40 Å². The van der Waals surface area contributed by atoms with Crippen LogP contribution < -0.4 is 9.64 Å². The summed E-state index contributed by atoms with van der Waals surface area (Å²) >= 11 is 0. The highest BCUT2D eigenvalue weighted by Gasteiger charge is 2.26. The van der Waals surface area contributed by atoms with Gasteiger partial charge in [0.2, 0.25) is 11.8 Å². The molecule has 0 unspecified atom stereocenters. The van der Waals surface area contributed by atoms with E-state index in [9.17, 15) is 4.39 Å². The summed E-state index contributed by atoms with van der Waals surface area (Å²) in [5.41, 5.74) is 0.863. The summed E-state index contributed by atoms with van der Waals surface area (Å²) in [5.74, 6) is 1.25. The first-order valence-corrected chi connectivity index (χ1v) is 7.87. The maximum atomic E-state index is 13.4. The van der Waals surface area contributed by atoms with Crippen molar-refractivity contribution in [2.24, 2.45) is 0 Å². The van der Waals surface area contributed by atoms with Crippen LogP contribution in [0.15, 0.2) is 30.6 Å². The van der Waals surface area contributed by atoms with Gasteiger partial charge >= 0.3 is 0 Å². The van der Waals surface area contributed by atoms with E-state index in [-0.39, 0.29) is 5.88 Å². The zero-order chi connectivity index (χ0) is 16.5. The van der Waals surface area contributed by atoms with Gasteiger partial charge in [-0.1, -0.05) is 6.07 Å². The third-order valence-corrected chi connectivity index (χ3v) is 4.38. The molecule has 3 aromatic rings. The highest BCUT2D eigenvalue weighted by molar-refractivity contribution is 5.38. The molecule has 4 rings (SSSR count). The van der Waals surface area contributed by atoms with Gasteiger partial charge in [0.15, 0.2) is 5.65 Å². The Balaban J connectivity index is 1.51. The Morgan fingerprint density at radius 1 is 1.21 bits per heavy atom. The van der Waals surface area contributed by atoms with Crippen LogP contribution in [0.5, 0.6) is 5.88 Å². The highest BCUT2D eigenvalue weighted by Crippen LogP contribution is 2.29. The van der Waals surface area contributed by atoms with Gasteiger partial charge < -0.3 is 9.64 Å². The number of pyridine rings is 1. The first kappa shape index (κ1) is 14.8. The standard InChI is InChI=1S/C16H17FN6O/c1-24-15-12(17)10-18-16(19-15)22-8-5-11(6-9-22)14-21-20-13-4-2-3-7-23(13)14/h2-4,7,10-11H,5-6,8-9H2,1H3. The summed E-state index contributed by atoms with van der Waals surface area (Å²) in [5, 5.41) is 8.57. The van der Waals surface area contributed by atoms with Crippen molar-refractivity contribution in [3.8, 4) is 5.88 Å². The first-order chi connectivity index (χ1) is 11.8. The number of hydrogen-bond acceptors (Lipinski definition) is 6. The lowest BCUT2D eigenvalue weighted by molar-refractivity contribution is 0.366. The molecule has 8 heteroatoms. The quantitative estimate of drug-likeness (QED) is 0.733. The number of nitrogens with zero attached hydrogens (tertiary/aromatic N) is 6. The van der Waals surface area contributed by atoms with Crippen LogP contribution >= 0.6 is 0 Å². The Morgan fingerprint density at radius 3 is 2.83 bits per heavy atom. The van der Waals surface area contributed by atoms with E-state index in [1.165, 1.54) is 7.11 Å². The molecule has 124 valence electrons. The Bertz CT molecular complexity index is 859. The number of piperidine rings is 1. The van der Waals surface area contributed by atoms with E-state index in [0.29, 0.717) is 11.9 Å². The number of methoxy groups -OCH3 is 1. The van der Waals surface area contributed by atoms with Crippen molar-refractivity contribution in [3.05, 3.63) is 42.2 Å². The molecule has 3 aromatic heterocycles. The SMILES string of the molecule is COc1nc(N2CCC(c3nnc4ccccn34)CC2)ncc1F. The largest absolute Gasteiger partial charge is 0.479 e. The number of halogens is 1. The molecule has 0 N–H and O–H groups in total. The van der Waals surface area contributed by atoms with E-state index in [1.54, 1.807) is 0 Å². The molecule has 4 heterocycles. The van der Waals surface area contributed by atoms with Gasteiger partial charge in [0.25, 0.3) is 5.88 Å². The minimum atomic E-state index is -0.550. The number of aromatic nitrogens is 5. The zero-order valence-corrected chi connectivity index (χ0v) is 13.3. The van der Waals surface area contributed by atoms with Gasteiger partial charge in [-0.05, 0) is 25.0 Å². The molecule has 1 saturated heterocycles. The van der Waals surface area contributed by atoms with Crippen LogP contribution in [0.25, 0.3) is 5.65 Å². The van der Waals surface area contributed by atoms with Gasteiger partial charge in [0, 0.05) is 25.2 Å². The van der Waals surface area contributed by atoms with E-state index >= 15 is 0 Å². The molecule has 7 nitrogen and oxygen atoms in total. The molecule has 0 aromatic carbocycles. The van der Waals surface area contributed by atoms with E-state index in [4.69, 9.17) is 4.74 Å². The Labute approximate surface area is 138 Å². The molecule has 1 aliphatic rings. The summed E-state index contributed by atoms with van der Waals surface area (Å²) in [6.07, 6.45) is 4.97. The van der Waals surface area contributed by atoms with Gasteiger partial charge in [-0.2, -0.15) is 9.37 Å².